The number of hydrogen-bond acceptors (Lipinski definition) is 2. The molecule has 92 valence electrons. The van der Waals surface area contributed by atoms with Crippen molar-refractivity contribution in [2.45, 2.75) is 26.7 Å². The quantitative estimate of drug-likeness (QED) is 0.595. The maximum absolute atomic E-state index is 11.8. The predicted molar refractivity (Wildman–Crippen MR) is 69.9 cm³/mol. The summed E-state index contributed by atoms with van der Waals surface area (Å²) >= 11 is 11.6. The molecule has 0 atom stereocenters. The van der Waals surface area contributed by atoms with E-state index in [1.54, 1.807) is 6.07 Å². The standard InChI is InChI=1S/C13H14Cl2O2/c1-8(2)3-12(16)7-13(17)9-4-10(14)6-11(15)5-9/h4-6,8H,3,7H2,1-2H3. The summed E-state index contributed by atoms with van der Waals surface area (Å²) < 4.78 is 0. The average molecular weight is 273 g/mol. The van der Waals surface area contributed by atoms with Crippen LogP contribution in [-0.4, -0.2) is 11.6 Å². The van der Waals surface area contributed by atoms with Gasteiger partial charge in [-0.1, -0.05) is 37.0 Å². The highest BCUT2D eigenvalue weighted by atomic mass is 35.5. The zero-order valence-corrected chi connectivity index (χ0v) is 11.3. The van der Waals surface area contributed by atoms with Crippen molar-refractivity contribution in [2.24, 2.45) is 5.92 Å². The zero-order valence-electron chi connectivity index (χ0n) is 9.80. The van der Waals surface area contributed by atoms with E-state index in [0.717, 1.165) is 0 Å². The van der Waals surface area contributed by atoms with Crippen LogP contribution in [0.15, 0.2) is 18.2 Å². The van der Waals surface area contributed by atoms with E-state index in [1.165, 1.54) is 12.1 Å². The van der Waals surface area contributed by atoms with E-state index in [9.17, 15) is 9.59 Å². The number of Topliss-reactive ketones (excluding diaryl/α,β-unsaturated/α-hetero) is 2. The Kier molecular flexibility index (Phi) is 5.16. The van der Waals surface area contributed by atoms with Gasteiger partial charge < -0.3 is 0 Å². The Morgan fingerprint density at radius 3 is 2.12 bits per heavy atom. The van der Waals surface area contributed by atoms with E-state index >= 15 is 0 Å². The third-order valence-corrected chi connectivity index (χ3v) is 2.61. The normalized spacial score (nSPS) is 10.6. The number of halogens is 2. The van der Waals surface area contributed by atoms with Gasteiger partial charge in [-0.15, -0.1) is 0 Å². The van der Waals surface area contributed by atoms with Crippen LogP contribution in [0.3, 0.4) is 0 Å². The summed E-state index contributed by atoms with van der Waals surface area (Å²) in [6.45, 7) is 3.89. The van der Waals surface area contributed by atoms with Crippen LogP contribution in [0.5, 0.6) is 0 Å². The van der Waals surface area contributed by atoms with Crippen molar-refractivity contribution >= 4 is 34.8 Å². The van der Waals surface area contributed by atoms with E-state index in [4.69, 9.17) is 23.2 Å². The molecule has 1 rings (SSSR count). The number of rotatable bonds is 5. The minimum absolute atomic E-state index is 0.0545. The molecule has 0 radical (unpaired) electrons. The Labute approximate surface area is 111 Å². The topological polar surface area (TPSA) is 34.1 Å². The second kappa shape index (κ2) is 6.18. The summed E-state index contributed by atoms with van der Waals surface area (Å²) in [5.74, 6) is -0.0283. The second-order valence-electron chi connectivity index (χ2n) is 4.39. The summed E-state index contributed by atoms with van der Waals surface area (Å²) in [4.78, 5) is 23.3. The molecule has 2 nitrogen and oxygen atoms in total. The first kappa shape index (κ1) is 14.2. The highest BCUT2D eigenvalue weighted by molar-refractivity contribution is 6.35. The monoisotopic (exact) mass is 272 g/mol. The Hall–Kier alpha value is -0.860. The molecule has 0 saturated heterocycles. The lowest BCUT2D eigenvalue weighted by molar-refractivity contribution is -0.118. The lowest BCUT2D eigenvalue weighted by Gasteiger charge is -2.04. The van der Waals surface area contributed by atoms with Gasteiger partial charge in [0.25, 0.3) is 0 Å². The Morgan fingerprint density at radius 1 is 1.12 bits per heavy atom. The molecular formula is C13H14Cl2O2. The summed E-state index contributed by atoms with van der Waals surface area (Å²) in [5, 5.41) is 0.800. The first-order valence-electron chi connectivity index (χ1n) is 5.39. The molecule has 0 aliphatic heterocycles. The van der Waals surface area contributed by atoms with Gasteiger partial charge in [0.15, 0.2) is 5.78 Å². The molecule has 1 aromatic rings. The Morgan fingerprint density at radius 2 is 1.65 bits per heavy atom. The number of hydrogen-bond donors (Lipinski definition) is 0. The van der Waals surface area contributed by atoms with Crippen molar-refractivity contribution in [1.82, 2.24) is 0 Å². The lowest BCUT2D eigenvalue weighted by atomic mass is 10.0. The minimum Gasteiger partial charge on any atom is -0.299 e. The molecule has 0 N–H and O–H groups in total. The number of carbonyl (C=O) groups is 2. The van der Waals surface area contributed by atoms with Crippen LogP contribution in [0.1, 0.15) is 37.0 Å². The maximum atomic E-state index is 11.8. The SMILES string of the molecule is CC(C)CC(=O)CC(=O)c1cc(Cl)cc(Cl)c1. The molecule has 1 aromatic carbocycles. The van der Waals surface area contributed by atoms with Crippen molar-refractivity contribution in [3.05, 3.63) is 33.8 Å². The van der Waals surface area contributed by atoms with Gasteiger partial charge in [0.2, 0.25) is 0 Å². The lowest BCUT2D eigenvalue weighted by Crippen LogP contribution is -2.10. The molecule has 0 bridgehead atoms. The van der Waals surface area contributed by atoms with Crippen molar-refractivity contribution < 1.29 is 9.59 Å². The van der Waals surface area contributed by atoms with Gasteiger partial charge in [-0.05, 0) is 24.1 Å². The summed E-state index contributed by atoms with van der Waals surface area (Å²) in [6.07, 6.45) is 0.328. The first-order chi connectivity index (χ1) is 7.88. The number of carbonyl (C=O) groups excluding carboxylic acids is 2. The molecule has 0 aliphatic rings. The van der Waals surface area contributed by atoms with Crippen molar-refractivity contribution in [3.8, 4) is 0 Å². The number of benzene rings is 1. The molecule has 0 fully saturated rings. The molecule has 0 amide bonds. The van der Waals surface area contributed by atoms with Gasteiger partial charge in [-0.2, -0.15) is 0 Å². The van der Waals surface area contributed by atoms with Crippen molar-refractivity contribution in [3.63, 3.8) is 0 Å². The van der Waals surface area contributed by atoms with E-state index in [1.807, 2.05) is 13.8 Å². The molecule has 0 unspecified atom stereocenters. The smallest absolute Gasteiger partial charge is 0.170 e. The molecule has 0 saturated carbocycles. The highest BCUT2D eigenvalue weighted by Crippen LogP contribution is 2.20. The van der Waals surface area contributed by atoms with Crippen molar-refractivity contribution in [2.75, 3.05) is 0 Å². The Balaban J connectivity index is 2.73. The van der Waals surface area contributed by atoms with Gasteiger partial charge >= 0.3 is 0 Å². The predicted octanol–water partition coefficient (Wildman–Crippen LogP) is 4.18. The van der Waals surface area contributed by atoms with Crippen LogP contribution in [0.4, 0.5) is 0 Å². The Bertz CT molecular complexity index is 419. The van der Waals surface area contributed by atoms with Gasteiger partial charge in [-0.25, -0.2) is 0 Å². The fourth-order valence-corrected chi connectivity index (χ4v) is 2.05. The first-order valence-corrected chi connectivity index (χ1v) is 6.15. The molecule has 0 spiro atoms. The largest absolute Gasteiger partial charge is 0.299 e. The molecule has 0 aromatic heterocycles. The molecule has 17 heavy (non-hydrogen) atoms. The van der Waals surface area contributed by atoms with Gasteiger partial charge in [0.05, 0.1) is 6.42 Å². The highest BCUT2D eigenvalue weighted by Gasteiger charge is 2.14. The fraction of sp³-hybridized carbons (Fsp3) is 0.385. The van der Waals surface area contributed by atoms with E-state index < -0.39 is 0 Å². The average Bonchev–Trinajstić information content (AvgIpc) is 2.14. The molecular weight excluding hydrogens is 259 g/mol. The van der Waals surface area contributed by atoms with Gasteiger partial charge in [-0.3, -0.25) is 9.59 Å². The van der Waals surface area contributed by atoms with Crippen LogP contribution in [0, 0.1) is 5.92 Å². The van der Waals surface area contributed by atoms with E-state index in [0.29, 0.717) is 22.0 Å². The minimum atomic E-state index is -0.236. The molecule has 0 heterocycles. The molecule has 0 aliphatic carbocycles. The zero-order chi connectivity index (χ0) is 13.0. The van der Waals surface area contributed by atoms with Crippen LogP contribution >= 0.6 is 23.2 Å². The van der Waals surface area contributed by atoms with Crippen LogP contribution in [0.25, 0.3) is 0 Å². The van der Waals surface area contributed by atoms with Crippen LogP contribution < -0.4 is 0 Å². The third-order valence-electron chi connectivity index (χ3n) is 2.18. The van der Waals surface area contributed by atoms with Gasteiger partial charge in [0, 0.05) is 22.0 Å². The van der Waals surface area contributed by atoms with E-state index in [2.05, 4.69) is 0 Å². The summed E-state index contributed by atoms with van der Waals surface area (Å²) in [6, 6.07) is 4.60. The number of ketones is 2. The maximum Gasteiger partial charge on any atom is 0.170 e. The second-order valence-corrected chi connectivity index (χ2v) is 5.27. The third kappa shape index (κ3) is 4.88. The van der Waals surface area contributed by atoms with E-state index in [-0.39, 0.29) is 23.9 Å². The summed E-state index contributed by atoms with van der Waals surface area (Å²) in [5.41, 5.74) is 0.389. The van der Waals surface area contributed by atoms with Crippen LogP contribution in [0.2, 0.25) is 10.0 Å². The molecule has 4 heteroatoms. The fourth-order valence-electron chi connectivity index (χ4n) is 1.52. The summed E-state index contributed by atoms with van der Waals surface area (Å²) in [7, 11) is 0. The van der Waals surface area contributed by atoms with Crippen LogP contribution in [-0.2, 0) is 4.79 Å². The van der Waals surface area contributed by atoms with Crippen molar-refractivity contribution in [1.29, 1.82) is 0 Å². The van der Waals surface area contributed by atoms with Gasteiger partial charge in [0.1, 0.15) is 5.78 Å².